The maximum absolute atomic E-state index is 12.5. The van der Waals surface area contributed by atoms with Crippen molar-refractivity contribution in [1.29, 1.82) is 0 Å². The first-order chi connectivity index (χ1) is 14.0. The molecule has 0 amide bonds. The highest BCUT2D eigenvalue weighted by Gasteiger charge is 2.18. The number of aryl methyl sites for hydroxylation is 1. The molecule has 0 aliphatic rings. The second-order valence-corrected chi connectivity index (χ2v) is 10.1. The molecule has 0 saturated carbocycles. The molecule has 0 aliphatic heterocycles. The Balaban J connectivity index is 2.47. The third-order valence-corrected chi connectivity index (χ3v) is 7.00. The Morgan fingerprint density at radius 3 is 1.66 bits per heavy atom. The molecule has 1 aromatic rings. The highest BCUT2D eigenvalue weighted by Crippen LogP contribution is 2.22. The molecule has 1 rings (SSSR count). The van der Waals surface area contributed by atoms with Crippen LogP contribution in [0.3, 0.4) is 0 Å². The topological polar surface area (TPSA) is 43.4 Å². The molecule has 0 radical (unpaired) electrons. The van der Waals surface area contributed by atoms with Gasteiger partial charge in [-0.2, -0.15) is 8.42 Å². The summed E-state index contributed by atoms with van der Waals surface area (Å²) in [5.41, 5.74) is 1.05. The zero-order valence-electron chi connectivity index (χ0n) is 19.1. The average Bonchev–Trinajstić information content (AvgIpc) is 2.71. The molecule has 0 bridgehead atoms. The quantitative estimate of drug-likeness (QED) is 0.178. The van der Waals surface area contributed by atoms with Gasteiger partial charge in [0.25, 0.3) is 10.1 Å². The molecular weight excluding hydrogens is 380 g/mol. The van der Waals surface area contributed by atoms with Gasteiger partial charge in [0.15, 0.2) is 0 Å². The first kappa shape index (κ1) is 26.2. The Hall–Kier alpha value is -0.870. The minimum atomic E-state index is -3.66. The highest BCUT2D eigenvalue weighted by molar-refractivity contribution is 7.86. The Labute approximate surface area is 180 Å². The first-order valence-corrected chi connectivity index (χ1v) is 13.4. The minimum Gasteiger partial charge on any atom is -0.266 e. The third-order valence-electron chi connectivity index (χ3n) is 5.70. The van der Waals surface area contributed by atoms with Gasteiger partial charge in [0, 0.05) is 0 Å². The van der Waals surface area contributed by atoms with Crippen molar-refractivity contribution in [3.05, 3.63) is 29.8 Å². The largest absolute Gasteiger partial charge is 0.296 e. The summed E-state index contributed by atoms with van der Waals surface area (Å²) in [7, 11) is -3.66. The first-order valence-electron chi connectivity index (χ1n) is 12.0. The van der Waals surface area contributed by atoms with Gasteiger partial charge in [-0.05, 0) is 37.8 Å². The van der Waals surface area contributed by atoms with Gasteiger partial charge < -0.3 is 0 Å². The monoisotopic (exact) mass is 424 g/mol. The molecular formula is C25H44O3S. The molecule has 0 spiro atoms. The summed E-state index contributed by atoms with van der Waals surface area (Å²) < 4.78 is 30.5. The average molecular weight is 425 g/mol. The second kappa shape index (κ2) is 15.9. The number of hydrogen-bond donors (Lipinski definition) is 0. The van der Waals surface area contributed by atoms with Crippen LogP contribution in [0.2, 0.25) is 0 Å². The molecule has 0 aliphatic carbocycles. The van der Waals surface area contributed by atoms with Crippen molar-refractivity contribution in [2.75, 3.05) is 6.61 Å². The van der Waals surface area contributed by atoms with Crippen molar-refractivity contribution in [3.8, 4) is 0 Å². The second-order valence-electron chi connectivity index (χ2n) is 8.53. The van der Waals surface area contributed by atoms with Gasteiger partial charge in [0.05, 0.1) is 11.5 Å². The zero-order chi connectivity index (χ0) is 21.4. The fourth-order valence-corrected chi connectivity index (χ4v) is 4.67. The fourth-order valence-electron chi connectivity index (χ4n) is 3.70. The summed E-state index contributed by atoms with van der Waals surface area (Å²) in [5, 5.41) is 0. The van der Waals surface area contributed by atoms with E-state index in [9.17, 15) is 8.42 Å². The summed E-state index contributed by atoms with van der Waals surface area (Å²) in [6.07, 6.45) is 17.4. The summed E-state index contributed by atoms with van der Waals surface area (Å²) in [6.45, 7) is 6.75. The molecule has 0 N–H and O–H groups in total. The lowest BCUT2D eigenvalue weighted by Crippen LogP contribution is -2.15. The summed E-state index contributed by atoms with van der Waals surface area (Å²) >= 11 is 0. The molecule has 0 atom stereocenters. The van der Waals surface area contributed by atoms with E-state index in [0.717, 1.165) is 18.4 Å². The Bertz CT molecular complexity index is 591. The molecule has 0 saturated heterocycles. The molecule has 3 nitrogen and oxygen atoms in total. The lowest BCUT2D eigenvalue weighted by Gasteiger charge is -2.17. The van der Waals surface area contributed by atoms with Crippen LogP contribution in [0.4, 0.5) is 0 Å². The molecule has 4 heteroatoms. The molecule has 0 aromatic heterocycles. The van der Waals surface area contributed by atoms with Crippen molar-refractivity contribution in [3.63, 3.8) is 0 Å². The van der Waals surface area contributed by atoms with Crippen LogP contribution in [-0.2, 0) is 14.3 Å². The standard InChI is InChI=1S/C25H44O3S/c1-4-6-8-10-12-14-16-24(17-15-13-11-9-7-5-2)22-28-29(26,27)25-20-18-23(3)19-21-25/h18-21,24H,4-17,22H2,1-3H3. The summed E-state index contributed by atoms with van der Waals surface area (Å²) in [5.74, 6) is 0.340. The number of unbranched alkanes of at least 4 members (excludes halogenated alkanes) is 10. The van der Waals surface area contributed by atoms with Crippen LogP contribution in [0.25, 0.3) is 0 Å². The summed E-state index contributed by atoms with van der Waals surface area (Å²) in [4.78, 5) is 0.265. The van der Waals surface area contributed by atoms with E-state index in [2.05, 4.69) is 13.8 Å². The molecule has 1 aromatic carbocycles. The minimum absolute atomic E-state index is 0.265. The van der Waals surface area contributed by atoms with Crippen LogP contribution in [-0.4, -0.2) is 15.0 Å². The van der Waals surface area contributed by atoms with Crippen molar-refractivity contribution >= 4 is 10.1 Å². The van der Waals surface area contributed by atoms with Crippen LogP contribution in [0.5, 0.6) is 0 Å². The molecule has 0 fully saturated rings. The van der Waals surface area contributed by atoms with Gasteiger partial charge >= 0.3 is 0 Å². The predicted octanol–water partition coefficient (Wildman–Crippen LogP) is 7.82. The smallest absolute Gasteiger partial charge is 0.266 e. The lowest BCUT2D eigenvalue weighted by atomic mass is 9.95. The van der Waals surface area contributed by atoms with Gasteiger partial charge in [-0.1, -0.05) is 109 Å². The predicted molar refractivity (Wildman–Crippen MR) is 124 cm³/mol. The van der Waals surface area contributed by atoms with E-state index in [-0.39, 0.29) is 4.90 Å². The van der Waals surface area contributed by atoms with Crippen molar-refractivity contribution < 1.29 is 12.6 Å². The van der Waals surface area contributed by atoms with Gasteiger partial charge in [-0.3, -0.25) is 4.18 Å². The van der Waals surface area contributed by atoms with Gasteiger partial charge in [-0.25, -0.2) is 0 Å². The lowest BCUT2D eigenvalue weighted by molar-refractivity contribution is 0.229. The normalized spacial score (nSPS) is 12.0. The van der Waals surface area contributed by atoms with Crippen LogP contribution < -0.4 is 0 Å². The van der Waals surface area contributed by atoms with Crippen molar-refractivity contribution in [2.45, 2.75) is 116 Å². The Kier molecular flexibility index (Phi) is 14.3. The van der Waals surface area contributed by atoms with Gasteiger partial charge in [0.1, 0.15) is 0 Å². The van der Waals surface area contributed by atoms with Crippen LogP contribution in [0.15, 0.2) is 29.2 Å². The van der Waals surface area contributed by atoms with Gasteiger partial charge in [-0.15, -0.1) is 0 Å². The molecule has 0 heterocycles. The molecule has 29 heavy (non-hydrogen) atoms. The van der Waals surface area contributed by atoms with E-state index in [0.29, 0.717) is 12.5 Å². The van der Waals surface area contributed by atoms with Crippen LogP contribution in [0.1, 0.15) is 109 Å². The fraction of sp³-hybridized carbons (Fsp3) is 0.760. The van der Waals surface area contributed by atoms with Crippen molar-refractivity contribution in [2.24, 2.45) is 5.92 Å². The van der Waals surface area contributed by atoms with E-state index in [4.69, 9.17) is 4.18 Å². The maximum atomic E-state index is 12.5. The highest BCUT2D eigenvalue weighted by atomic mass is 32.2. The third kappa shape index (κ3) is 12.4. The van der Waals surface area contributed by atoms with E-state index >= 15 is 0 Å². The molecule has 168 valence electrons. The Morgan fingerprint density at radius 2 is 1.17 bits per heavy atom. The van der Waals surface area contributed by atoms with E-state index in [1.807, 2.05) is 19.1 Å². The number of hydrogen-bond acceptors (Lipinski definition) is 3. The zero-order valence-corrected chi connectivity index (χ0v) is 19.9. The van der Waals surface area contributed by atoms with Crippen LogP contribution in [0, 0.1) is 12.8 Å². The van der Waals surface area contributed by atoms with Gasteiger partial charge in [0.2, 0.25) is 0 Å². The molecule has 0 unspecified atom stereocenters. The van der Waals surface area contributed by atoms with E-state index in [1.165, 1.54) is 77.0 Å². The number of rotatable bonds is 18. The van der Waals surface area contributed by atoms with E-state index in [1.54, 1.807) is 12.1 Å². The van der Waals surface area contributed by atoms with Crippen LogP contribution >= 0.6 is 0 Å². The SMILES string of the molecule is CCCCCCCCC(CCCCCCCC)COS(=O)(=O)c1ccc(C)cc1. The summed E-state index contributed by atoms with van der Waals surface area (Å²) in [6, 6.07) is 6.92. The maximum Gasteiger partial charge on any atom is 0.296 e. The van der Waals surface area contributed by atoms with Crippen molar-refractivity contribution in [1.82, 2.24) is 0 Å². The van der Waals surface area contributed by atoms with E-state index < -0.39 is 10.1 Å². The Morgan fingerprint density at radius 1 is 0.724 bits per heavy atom. The number of benzene rings is 1.